The lowest BCUT2D eigenvalue weighted by molar-refractivity contribution is 0.0602. The summed E-state index contributed by atoms with van der Waals surface area (Å²) < 4.78 is 17.4. The molecular weight excluding hydrogens is 233 g/mol. The molecule has 0 aliphatic heterocycles. The van der Waals surface area contributed by atoms with Gasteiger partial charge in [0.05, 0.1) is 12.7 Å². The third-order valence-corrected chi connectivity index (χ3v) is 2.63. The Labute approximate surface area is 104 Å². The molecule has 4 heteroatoms. The molecule has 0 heterocycles. The van der Waals surface area contributed by atoms with Gasteiger partial charge in [0.15, 0.2) is 0 Å². The molecule has 0 saturated carbocycles. The monoisotopic (exact) mass is 245 g/mol. The van der Waals surface area contributed by atoms with E-state index < -0.39 is 5.97 Å². The minimum Gasteiger partial charge on any atom is -0.465 e. The second kappa shape index (κ2) is 4.87. The standard InChI is InChI=1S/C14H12FNO2/c1-18-14(17)12-7-4-10(8-13(12)16)9-2-5-11(15)6-3-9/h2-8H,16H2,1H3. The molecule has 3 nitrogen and oxygen atoms in total. The molecule has 2 N–H and O–H groups in total. The number of anilines is 1. The Morgan fingerprint density at radius 2 is 1.72 bits per heavy atom. The van der Waals surface area contributed by atoms with Gasteiger partial charge in [0, 0.05) is 5.69 Å². The Balaban J connectivity index is 2.40. The quantitative estimate of drug-likeness (QED) is 0.653. The van der Waals surface area contributed by atoms with E-state index in [0.717, 1.165) is 11.1 Å². The van der Waals surface area contributed by atoms with Gasteiger partial charge in [0.1, 0.15) is 5.82 Å². The zero-order valence-electron chi connectivity index (χ0n) is 9.81. The molecule has 0 bridgehead atoms. The van der Waals surface area contributed by atoms with Gasteiger partial charge >= 0.3 is 5.97 Å². The van der Waals surface area contributed by atoms with E-state index >= 15 is 0 Å². The summed E-state index contributed by atoms with van der Waals surface area (Å²) in [6.45, 7) is 0. The van der Waals surface area contributed by atoms with E-state index in [2.05, 4.69) is 4.74 Å². The zero-order valence-corrected chi connectivity index (χ0v) is 9.81. The molecule has 0 atom stereocenters. The molecule has 0 aliphatic rings. The van der Waals surface area contributed by atoms with E-state index in [9.17, 15) is 9.18 Å². The molecule has 0 aromatic heterocycles. The molecule has 0 fully saturated rings. The first-order chi connectivity index (χ1) is 8.61. The molecule has 0 unspecified atom stereocenters. The Morgan fingerprint density at radius 3 is 2.28 bits per heavy atom. The van der Waals surface area contributed by atoms with Crippen LogP contribution in [0.15, 0.2) is 42.5 Å². The highest BCUT2D eigenvalue weighted by Crippen LogP contribution is 2.24. The molecule has 0 aliphatic carbocycles. The van der Waals surface area contributed by atoms with Crippen LogP contribution in [0, 0.1) is 5.82 Å². The highest BCUT2D eigenvalue weighted by molar-refractivity contribution is 5.96. The number of nitrogens with two attached hydrogens (primary N) is 1. The fourth-order valence-electron chi connectivity index (χ4n) is 1.68. The highest BCUT2D eigenvalue weighted by atomic mass is 19.1. The molecule has 92 valence electrons. The second-order valence-electron chi connectivity index (χ2n) is 3.80. The van der Waals surface area contributed by atoms with Gasteiger partial charge in [-0.05, 0) is 35.4 Å². The largest absolute Gasteiger partial charge is 0.465 e. The van der Waals surface area contributed by atoms with Crippen LogP contribution in [0.2, 0.25) is 0 Å². The molecule has 2 rings (SSSR count). The number of carbonyl (C=O) groups is 1. The van der Waals surface area contributed by atoms with Gasteiger partial charge in [0.25, 0.3) is 0 Å². The van der Waals surface area contributed by atoms with Gasteiger partial charge in [-0.3, -0.25) is 0 Å². The lowest BCUT2D eigenvalue weighted by Gasteiger charge is -2.07. The maximum atomic E-state index is 12.8. The van der Waals surface area contributed by atoms with E-state index in [1.54, 1.807) is 30.3 Å². The summed E-state index contributed by atoms with van der Waals surface area (Å²) in [5.41, 5.74) is 8.10. The number of carbonyl (C=O) groups excluding carboxylic acids is 1. The lowest BCUT2D eigenvalue weighted by Crippen LogP contribution is -2.05. The first-order valence-corrected chi connectivity index (χ1v) is 5.35. The number of methoxy groups -OCH3 is 1. The molecule has 0 amide bonds. The van der Waals surface area contributed by atoms with Crippen molar-refractivity contribution in [3.63, 3.8) is 0 Å². The van der Waals surface area contributed by atoms with E-state index in [0.29, 0.717) is 11.3 Å². The van der Waals surface area contributed by atoms with Crippen LogP contribution in [0.25, 0.3) is 11.1 Å². The Bertz CT molecular complexity index is 579. The Morgan fingerprint density at radius 1 is 1.11 bits per heavy atom. The first-order valence-electron chi connectivity index (χ1n) is 5.35. The van der Waals surface area contributed by atoms with Crippen molar-refractivity contribution in [3.05, 3.63) is 53.8 Å². The molecule has 2 aromatic carbocycles. The minimum absolute atomic E-state index is 0.294. The molecule has 18 heavy (non-hydrogen) atoms. The van der Waals surface area contributed by atoms with Gasteiger partial charge in [-0.15, -0.1) is 0 Å². The second-order valence-corrected chi connectivity index (χ2v) is 3.80. The average molecular weight is 245 g/mol. The molecule has 0 spiro atoms. The summed E-state index contributed by atoms with van der Waals surface area (Å²) in [6, 6.07) is 11.1. The Kier molecular flexibility index (Phi) is 3.28. The van der Waals surface area contributed by atoms with Crippen molar-refractivity contribution < 1.29 is 13.9 Å². The van der Waals surface area contributed by atoms with Crippen molar-refractivity contribution in [1.82, 2.24) is 0 Å². The Hall–Kier alpha value is -2.36. The number of benzene rings is 2. The number of esters is 1. The predicted octanol–water partition coefficient (Wildman–Crippen LogP) is 2.86. The van der Waals surface area contributed by atoms with E-state index in [1.165, 1.54) is 19.2 Å². The van der Waals surface area contributed by atoms with Crippen molar-refractivity contribution in [3.8, 4) is 11.1 Å². The fraction of sp³-hybridized carbons (Fsp3) is 0.0714. The smallest absolute Gasteiger partial charge is 0.339 e. The third-order valence-electron chi connectivity index (χ3n) is 2.63. The molecule has 2 aromatic rings. The summed E-state index contributed by atoms with van der Waals surface area (Å²) >= 11 is 0. The SMILES string of the molecule is COC(=O)c1ccc(-c2ccc(F)cc2)cc1N. The maximum Gasteiger partial charge on any atom is 0.339 e. The zero-order chi connectivity index (χ0) is 13.1. The third kappa shape index (κ3) is 2.32. The van der Waals surface area contributed by atoms with Crippen molar-refractivity contribution in [2.45, 2.75) is 0 Å². The summed E-state index contributed by atoms with van der Waals surface area (Å²) in [5, 5.41) is 0. The number of nitrogen functional groups attached to an aromatic ring is 1. The number of hydrogen-bond donors (Lipinski definition) is 1. The van der Waals surface area contributed by atoms with Crippen molar-refractivity contribution in [1.29, 1.82) is 0 Å². The summed E-state index contributed by atoms with van der Waals surface area (Å²) in [7, 11) is 1.30. The van der Waals surface area contributed by atoms with Crippen LogP contribution >= 0.6 is 0 Å². The van der Waals surface area contributed by atoms with Gasteiger partial charge in [-0.2, -0.15) is 0 Å². The van der Waals surface area contributed by atoms with Crippen molar-refractivity contribution in [2.75, 3.05) is 12.8 Å². The van der Waals surface area contributed by atoms with Gasteiger partial charge in [-0.1, -0.05) is 18.2 Å². The van der Waals surface area contributed by atoms with Crippen LogP contribution in [0.4, 0.5) is 10.1 Å². The van der Waals surface area contributed by atoms with Crippen LogP contribution in [-0.4, -0.2) is 13.1 Å². The first kappa shape index (κ1) is 12.1. The van der Waals surface area contributed by atoms with Gasteiger partial charge in [0.2, 0.25) is 0 Å². The van der Waals surface area contributed by atoms with Gasteiger partial charge in [-0.25, -0.2) is 9.18 Å². The summed E-state index contributed by atoms with van der Waals surface area (Å²) in [6.07, 6.45) is 0. The van der Waals surface area contributed by atoms with Crippen molar-refractivity contribution >= 4 is 11.7 Å². The lowest BCUT2D eigenvalue weighted by atomic mass is 10.0. The molecular formula is C14H12FNO2. The number of halogens is 1. The minimum atomic E-state index is -0.474. The van der Waals surface area contributed by atoms with Crippen molar-refractivity contribution in [2.24, 2.45) is 0 Å². The van der Waals surface area contributed by atoms with Crippen LogP contribution in [0.3, 0.4) is 0 Å². The number of rotatable bonds is 2. The normalized spacial score (nSPS) is 10.1. The van der Waals surface area contributed by atoms with Crippen LogP contribution < -0.4 is 5.73 Å². The number of ether oxygens (including phenoxy) is 1. The maximum absolute atomic E-state index is 12.8. The predicted molar refractivity (Wildman–Crippen MR) is 67.6 cm³/mol. The number of hydrogen-bond acceptors (Lipinski definition) is 3. The summed E-state index contributed by atoms with van der Waals surface area (Å²) in [5.74, 6) is -0.768. The fourth-order valence-corrected chi connectivity index (χ4v) is 1.68. The molecule has 0 radical (unpaired) electrons. The molecule has 0 saturated heterocycles. The topological polar surface area (TPSA) is 52.3 Å². The van der Waals surface area contributed by atoms with E-state index in [-0.39, 0.29) is 5.82 Å². The van der Waals surface area contributed by atoms with Crippen LogP contribution in [0.1, 0.15) is 10.4 Å². The average Bonchev–Trinajstić information content (AvgIpc) is 2.38. The highest BCUT2D eigenvalue weighted by Gasteiger charge is 2.10. The van der Waals surface area contributed by atoms with E-state index in [1.807, 2.05) is 0 Å². The van der Waals surface area contributed by atoms with Gasteiger partial charge < -0.3 is 10.5 Å². The van der Waals surface area contributed by atoms with E-state index in [4.69, 9.17) is 5.73 Å². The van der Waals surface area contributed by atoms with Crippen LogP contribution in [-0.2, 0) is 4.74 Å². The van der Waals surface area contributed by atoms with Crippen LogP contribution in [0.5, 0.6) is 0 Å². The summed E-state index contributed by atoms with van der Waals surface area (Å²) in [4.78, 5) is 11.4.